The van der Waals surface area contributed by atoms with E-state index < -0.39 is 11.5 Å². The first kappa shape index (κ1) is 10.9. The van der Waals surface area contributed by atoms with Crippen LogP contribution in [0.3, 0.4) is 0 Å². The van der Waals surface area contributed by atoms with Crippen LogP contribution in [0.4, 0.5) is 9.59 Å². The highest BCUT2D eigenvalue weighted by Crippen LogP contribution is 1.67. The highest BCUT2D eigenvalue weighted by atomic mass is 35.5. The molecule has 3 N–H and O–H groups in total. The number of hydrogen-bond acceptors (Lipinski definition) is 2. The first-order valence-electron chi connectivity index (χ1n) is 1.79. The lowest BCUT2D eigenvalue weighted by molar-refractivity contribution is 0.197. The van der Waals surface area contributed by atoms with E-state index in [1.54, 1.807) is 0 Å². The van der Waals surface area contributed by atoms with E-state index in [1.165, 1.54) is 7.05 Å². The summed E-state index contributed by atoms with van der Waals surface area (Å²) in [6.07, 6.45) is -0.995. The fourth-order valence-electron chi connectivity index (χ4n) is 0. The Morgan fingerprint density at radius 1 is 1.44 bits per heavy atom. The molecule has 0 spiro atoms. The molecule has 0 saturated carbocycles. The van der Waals surface area contributed by atoms with E-state index in [4.69, 9.17) is 15.0 Å². The van der Waals surface area contributed by atoms with Crippen LogP contribution in [0.25, 0.3) is 0 Å². The summed E-state index contributed by atoms with van der Waals surface area (Å²) >= 11 is 4.19. The molecule has 0 aliphatic carbocycles. The standard InChI is InChI=1S/C2H5NO2.CHClO2/c1-3-2(4)5;2-1(3)4/h3H,1H3,(H,4,5);(H,3,4). The number of halogens is 1. The van der Waals surface area contributed by atoms with Gasteiger partial charge in [0, 0.05) is 18.6 Å². The van der Waals surface area contributed by atoms with Crippen LogP contribution in [0.5, 0.6) is 0 Å². The highest BCUT2D eigenvalue weighted by Gasteiger charge is 1.76. The number of rotatable bonds is 0. The monoisotopic (exact) mass is 155 g/mol. The number of nitrogens with one attached hydrogen (secondary N) is 1. The van der Waals surface area contributed by atoms with Crippen molar-refractivity contribution in [3.8, 4) is 0 Å². The fourth-order valence-corrected chi connectivity index (χ4v) is 0. The Labute approximate surface area is 56.2 Å². The van der Waals surface area contributed by atoms with Gasteiger partial charge in [-0.2, -0.15) is 0 Å². The Hall–Kier alpha value is -0.970. The Morgan fingerprint density at radius 2 is 1.56 bits per heavy atom. The minimum atomic E-state index is -1.36. The summed E-state index contributed by atoms with van der Waals surface area (Å²) in [6, 6.07) is 0. The van der Waals surface area contributed by atoms with Crippen LogP contribution in [0.2, 0.25) is 0 Å². The largest absolute Gasteiger partial charge is 0.469 e. The van der Waals surface area contributed by atoms with Crippen molar-refractivity contribution in [1.29, 1.82) is 0 Å². The Kier molecular flexibility index (Phi) is 8.53. The van der Waals surface area contributed by atoms with Crippen molar-refractivity contribution in [1.82, 2.24) is 5.32 Å². The molecule has 0 heterocycles. The lowest BCUT2D eigenvalue weighted by Crippen LogP contribution is -2.13. The van der Waals surface area contributed by atoms with E-state index in [1.807, 2.05) is 5.32 Å². The average molecular weight is 156 g/mol. The molecule has 1 amide bonds. The van der Waals surface area contributed by atoms with Crippen molar-refractivity contribution in [2.45, 2.75) is 0 Å². The van der Waals surface area contributed by atoms with Crippen LogP contribution in [0.15, 0.2) is 0 Å². The van der Waals surface area contributed by atoms with E-state index in [0.29, 0.717) is 0 Å². The molecule has 0 bridgehead atoms. The molecule has 0 radical (unpaired) electrons. The van der Waals surface area contributed by atoms with E-state index in [0.717, 1.165) is 0 Å². The summed E-state index contributed by atoms with van der Waals surface area (Å²) in [4.78, 5) is 18.0. The molecule has 6 heteroatoms. The second-order valence-electron chi connectivity index (χ2n) is 0.808. The third-order valence-corrected chi connectivity index (χ3v) is 0.214. The maximum atomic E-state index is 9.26. The van der Waals surface area contributed by atoms with Gasteiger partial charge in [0.15, 0.2) is 0 Å². The van der Waals surface area contributed by atoms with Gasteiger partial charge in [-0.15, -0.1) is 0 Å². The molecule has 0 aromatic carbocycles. The number of carbonyl (C=O) groups is 2. The summed E-state index contributed by atoms with van der Waals surface area (Å²) < 4.78 is 0. The summed E-state index contributed by atoms with van der Waals surface area (Å²) in [5, 5.41) is 16.7. The SMILES string of the molecule is CNC(=O)O.O=C(O)Cl. The third-order valence-electron chi connectivity index (χ3n) is 0.214. The van der Waals surface area contributed by atoms with Crippen molar-refractivity contribution in [3.05, 3.63) is 0 Å². The van der Waals surface area contributed by atoms with E-state index in [-0.39, 0.29) is 0 Å². The van der Waals surface area contributed by atoms with E-state index >= 15 is 0 Å². The molecule has 0 aromatic heterocycles. The van der Waals surface area contributed by atoms with Gasteiger partial charge in [-0.05, 0) is 0 Å². The summed E-state index contributed by atoms with van der Waals surface area (Å²) in [5.41, 5.74) is -1.36. The number of amides is 1. The molecule has 0 unspecified atom stereocenters. The highest BCUT2D eigenvalue weighted by molar-refractivity contribution is 6.60. The molecule has 0 saturated heterocycles. The predicted octanol–water partition coefficient (Wildman–Crippen LogP) is 0.787. The first-order chi connectivity index (χ1) is 4.00. The van der Waals surface area contributed by atoms with Crippen molar-refractivity contribution in [2.24, 2.45) is 0 Å². The zero-order chi connectivity index (χ0) is 7.86. The molecular formula is C3H6ClNO4. The van der Waals surface area contributed by atoms with Gasteiger partial charge in [0.25, 0.3) is 0 Å². The van der Waals surface area contributed by atoms with Crippen LogP contribution in [0, 0.1) is 0 Å². The molecule has 0 aliphatic heterocycles. The van der Waals surface area contributed by atoms with E-state index in [2.05, 4.69) is 11.6 Å². The lowest BCUT2D eigenvalue weighted by atomic mass is 11.1. The zero-order valence-corrected chi connectivity index (χ0v) is 5.34. The Balaban J connectivity index is 0. The quantitative estimate of drug-likeness (QED) is 0.452. The average Bonchev–Trinajstić information content (AvgIpc) is 1.65. The minimum absolute atomic E-state index is 0.995. The molecule has 54 valence electrons. The second-order valence-corrected chi connectivity index (χ2v) is 1.13. The Morgan fingerprint density at radius 3 is 1.56 bits per heavy atom. The summed E-state index contributed by atoms with van der Waals surface area (Å²) in [6.45, 7) is 0. The molecule has 0 fully saturated rings. The van der Waals surface area contributed by atoms with Crippen molar-refractivity contribution in [2.75, 3.05) is 7.05 Å². The molecule has 0 aliphatic rings. The van der Waals surface area contributed by atoms with Gasteiger partial charge < -0.3 is 15.5 Å². The van der Waals surface area contributed by atoms with Crippen LogP contribution in [-0.2, 0) is 0 Å². The van der Waals surface area contributed by atoms with Crippen LogP contribution in [-0.4, -0.2) is 28.8 Å². The van der Waals surface area contributed by atoms with Crippen molar-refractivity contribution >= 4 is 23.1 Å². The zero-order valence-electron chi connectivity index (χ0n) is 4.59. The minimum Gasteiger partial charge on any atom is -0.469 e. The van der Waals surface area contributed by atoms with Crippen LogP contribution < -0.4 is 5.32 Å². The van der Waals surface area contributed by atoms with Crippen LogP contribution in [0.1, 0.15) is 0 Å². The van der Waals surface area contributed by atoms with Gasteiger partial charge >= 0.3 is 11.5 Å². The summed E-state index contributed by atoms with van der Waals surface area (Å²) in [5.74, 6) is 0. The smallest absolute Gasteiger partial charge is 0.404 e. The first-order valence-corrected chi connectivity index (χ1v) is 2.17. The van der Waals surface area contributed by atoms with Gasteiger partial charge in [-0.1, -0.05) is 0 Å². The number of hydrogen-bond donors (Lipinski definition) is 3. The van der Waals surface area contributed by atoms with E-state index in [9.17, 15) is 4.79 Å². The Bertz CT molecular complexity index is 100.0. The molecule has 0 rings (SSSR count). The lowest BCUT2D eigenvalue weighted by Gasteiger charge is -1.78. The molecule has 0 aromatic rings. The van der Waals surface area contributed by atoms with Gasteiger partial charge in [-0.25, -0.2) is 9.59 Å². The second kappa shape index (κ2) is 7.03. The predicted molar refractivity (Wildman–Crippen MR) is 31.0 cm³/mol. The normalized spacial score (nSPS) is 6.44. The fraction of sp³-hybridized carbons (Fsp3) is 0.333. The van der Waals surface area contributed by atoms with Gasteiger partial charge in [0.1, 0.15) is 0 Å². The number of carboxylic acid groups (broad SMARTS) is 2. The maximum Gasteiger partial charge on any atom is 0.404 e. The van der Waals surface area contributed by atoms with Crippen molar-refractivity contribution < 1.29 is 19.8 Å². The van der Waals surface area contributed by atoms with Gasteiger partial charge in [0.2, 0.25) is 0 Å². The molecular weight excluding hydrogens is 149 g/mol. The molecule has 9 heavy (non-hydrogen) atoms. The topological polar surface area (TPSA) is 86.6 Å². The molecule has 0 atom stereocenters. The van der Waals surface area contributed by atoms with Gasteiger partial charge in [0.05, 0.1) is 0 Å². The summed E-state index contributed by atoms with van der Waals surface area (Å²) in [7, 11) is 1.35. The van der Waals surface area contributed by atoms with Crippen molar-refractivity contribution in [3.63, 3.8) is 0 Å². The third kappa shape index (κ3) is 168. The molecule has 5 nitrogen and oxygen atoms in total. The van der Waals surface area contributed by atoms with Crippen LogP contribution >= 0.6 is 11.6 Å². The maximum absolute atomic E-state index is 9.26. The van der Waals surface area contributed by atoms with Gasteiger partial charge in [-0.3, -0.25) is 0 Å².